The van der Waals surface area contributed by atoms with Gasteiger partial charge in [0, 0.05) is 38.8 Å². The Morgan fingerprint density at radius 1 is 1.11 bits per heavy atom. The number of nitrogens with zero attached hydrogens (tertiary/aromatic N) is 3. The van der Waals surface area contributed by atoms with Gasteiger partial charge in [-0.25, -0.2) is 4.98 Å². The number of anilines is 1. The lowest BCUT2D eigenvalue weighted by Gasteiger charge is -2.48. The molecule has 7 nitrogen and oxygen atoms in total. The summed E-state index contributed by atoms with van der Waals surface area (Å²) in [5, 5.41) is 10.4. The average molecular weight is 375 g/mol. The second-order valence-electron chi connectivity index (χ2n) is 8.25. The van der Waals surface area contributed by atoms with E-state index in [1.807, 2.05) is 24.0 Å². The summed E-state index contributed by atoms with van der Waals surface area (Å²) in [7, 11) is 0. The maximum Gasteiger partial charge on any atom is 0.255 e. The first-order valence-electron chi connectivity index (χ1n) is 9.91. The van der Waals surface area contributed by atoms with E-state index in [0.717, 1.165) is 31.7 Å². The van der Waals surface area contributed by atoms with Crippen LogP contribution in [0.2, 0.25) is 0 Å². The van der Waals surface area contributed by atoms with Gasteiger partial charge in [0.25, 0.3) is 5.91 Å². The van der Waals surface area contributed by atoms with Crippen molar-refractivity contribution in [2.45, 2.75) is 43.8 Å². The fourth-order valence-corrected chi connectivity index (χ4v) is 4.43. The van der Waals surface area contributed by atoms with Crippen LogP contribution in [0.1, 0.15) is 43.0 Å². The van der Waals surface area contributed by atoms with Crippen molar-refractivity contribution < 1.29 is 19.4 Å². The minimum atomic E-state index is -0.625. The van der Waals surface area contributed by atoms with Gasteiger partial charge in [0.15, 0.2) is 0 Å². The van der Waals surface area contributed by atoms with Gasteiger partial charge in [-0.2, -0.15) is 0 Å². The van der Waals surface area contributed by atoms with Crippen LogP contribution in [0.15, 0.2) is 18.3 Å². The highest BCUT2D eigenvalue weighted by Gasteiger charge is 2.44. The number of aromatic nitrogens is 1. The monoisotopic (exact) mass is 375 g/mol. The van der Waals surface area contributed by atoms with Gasteiger partial charge in [0.1, 0.15) is 5.82 Å². The van der Waals surface area contributed by atoms with Gasteiger partial charge in [-0.1, -0.05) is 0 Å². The largest absolute Gasteiger partial charge is 0.390 e. The third-order valence-electron chi connectivity index (χ3n) is 6.04. The first kappa shape index (κ1) is 18.7. The molecule has 1 spiro atoms. The Kier molecular flexibility index (Phi) is 5.09. The van der Waals surface area contributed by atoms with Crippen LogP contribution in [0.4, 0.5) is 5.82 Å². The average Bonchev–Trinajstić information content (AvgIpc) is 2.68. The van der Waals surface area contributed by atoms with Crippen LogP contribution < -0.4 is 4.90 Å². The molecule has 27 heavy (non-hydrogen) atoms. The zero-order valence-electron chi connectivity index (χ0n) is 16.0. The smallest absolute Gasteiger partial charge is 0.255 e. The number of morpholine rings is 1. The van der Waals surface area contributed by atoms with E-state index in [9.17, 15) is 9.90 Å². The van der Waals surface area contributed by atoms with E-state index in [-0.39, 0.29) is 11.5 Å². The van der Waals surface area contributed by atoms with Crippen molar-refractivity contribution in [1.29, 1.82) is 0 Å². The minimum Gasteiger partial charge on any atom is -0.390 e. The van der Waals surface area contributed by atoms with E-state index >= 15 is 0 Å². The van der Waals surface area contributed by atoms with Crippen molar-refractivity contribution in [2.24, 2.45) is 0 Å². The number of amides is 1. The van der Waals surface area contributed by atoms with Crippen molar-refractivity contribution in [2.75, 3.05) is 50.9 Å². The molecule has 1 N–H and O–H groups in total. The lowest BCUT2D eigenvalue weighted by molar-refractivity contribution is -0.162. The highest BCUT2D eigenvalue weighted by molar-refractivity contribution is 5.94. The number of ether oxygens (including phenoxy) is 2. The number of carbonyl (C=O) groups is 1. The molecule has 3 saturated heterocycles. The number of hydrogen-bond donors (Lipinski definition) is 1. The second kappa shape index (κ2) is 7.37. The summed E-state index contributed by atoms with van der Waals surface area (Å²) in [5.74, 6) is 0.915. The fourth-order valence-electron chi connectivity index (χ4n) is 4.43. The summed E-state index contributed by atoms with van der Waals surface area (Å²) >= 11 is 0. The Hall–Kier alpha value is -1.70. The molecule has 3 aliphatic heterocycles. The Labute approximate surface area is 160 Å². The van der Waals surface area contributed by atoms with Crippen LogP contribution in [0, 0.1) is 0 Å². The van der Waals surface area contributed by atoms with Crippen LogP contribution >= 0.6 is 0 Å². The Bertz CT molecular complexity index is 662. The van der Waals surface area contributed by atoms with E-state index in [4.69, 9.17) is 9.47 Å². The maximum atomic E-state index is 12.5. The van der Waals surface area contributed by atoms with Gasteiger partial charge in [0.05, 0.1) is 36.6 Å². The number of carbonyl (C=O) groups excluding carboxylic acids is 1. The lowest BCUT2D eigenvalue weighted by atomic mass is 9.78. The predicted octanol–water partition coefficient (Wildman–Crippen LogP) is 1.45. The molecule has 0 aliphatic carbocycles. The lowest BCUT2D eigenvalue weighted by Crippen LogP contribution is -2.53. The molecule has 148 valence electrons. The molecule has 0 bridgehead atoms. The zero-order chi connectivity index (χ0) is 18.9. The van der Waals surface area contributed by atoms with Crippen molar-refractivity contribution in [3.05, 3.63) is 23.9 Å². The van der Waals surface area contributed by atoms with E-state index in [1.54, 1.807) is 6.20 Å². The van der Waals surface area contributed by atoms with Gasteiger partial charge in [-0.3, -0.25) is 4.79 Å². The number of aliphatic hydroxyl groups is 1. The molecule has 0 radical (unpaired) electrons. The summed E-state index contributed by atoms with van der Waals surface area (Å²) in [6.07, 6.45) is 4.87. The summed E-state index contributed by atoms with van der Waals surface area (Å²) < 4.78 is 11.4. The highest BCUT2D eigenvalue weighted by atomic mass is 16.5. The molecule has 3 fully saturated rings. The first-order valence-corrected chi connectivity index (χ1v) is 9.91. The Morgan fingerprint density at radius 2 is 1.85 bits per heavy atom. The van der Waals surface area contributed by atoms with Gasteiger partial charge in [-0.15, -0.1) is 0 Å². The van der Waals surface area contributed by atoms with Gasteiger partial charge < -0.3 is 24.4 Å². The van der Waals surface area contributed by atoms with Gasteiger partial charge >= 0.3 is 0 Å². The van der Waals surface area contributed by atoms with Gasteiger partial charge in [0.2, 0.25) is 0 Å². The van der Waals surface area contributed by atoms with Gasteiger partial charge in [-0.05, 0) is 38.3 Å². The quantitative estimate of drug-likeness (QED) is 0.843. The summed E-state index contributed by atoms with van der Waals surface area (Å²) in [6, 6.07) is 3.80. The number of hydrogen-bond acceptors (Lipinski definition) is 6. The molecule has 0 aromatic carbocycles. The number of piperidine rings is 1. The van der Waals surface area contributed by atoms with E-state index in [1.165, 1.54) is 0 Å². The van der Waals surface area contributed by atoms with E-state index in [0.29, 0.717) is 51.3 Å². The van der Waals surface area contributed by atoms with Crippen LogP contribution in [-0.2, 0) is 9.47 Å². The molecule has 4 rings (SSSR count). The predicted molar refractivity (Wildman–Crippen MR) is 101 cm³/mol. The topological polar surface area (TPSA) is 75.1 Å². The first-order chi connectivity index (χ1) is 13.0. The normalized spacial score (nSPS) is 28.4. The van der Waals surface area contributed by atoms with E-state index < -0.39 is 5.60 Å². The summed E-state index contributed by atoms with van der Waals surface area (Å²) in [5.41, 5.74) is -0.203. The third kappa shape index (κ3) is 4.10. The number of pyridine rings is 1. The molecule has 7 heteroatoms. The Balaban J connectivity index is 1.37. The van der Waals surface area contributed by atoms with Crippen molar-refractivity contribution in [3.8, 4) is 0 Å². The molecule has 0 saturated carbocycles. The molecule has 3 aliphatic rings. The molecule has 1 amide bonds. The molecular formula is C20H29N3O4. The highest BCUT2D eigenvalue weighted by Crippen LogP contribution is 2.39. The third-order valence-corrected chi connectivity index (χ3v) is 6.04. The SMILES string of the molecule is CC1(O)CCOC2(CCN(c3ccc(C(=O)N4CCOCC4)cn3)CC2)C1. The number of rotatable bonds is 2. The molecule has 1 aromatic rings. The van der Waals surface area contributed by atoms with Crippen LogP contribution in [-0.4, -0.2) is 78.1 Å². The fraction of sp³-hybridized carbons (Fsp3) is 0.700. The summed E-state index contributed by atoms with van der Waals surface area (Å²) in [4.78, 5) is 21.1. The second-order valence-corrected chi connectivity index (χ2v) is 8.25. The summed E-state index contributed by atoms with van der Waals surface area (Å²) in [6.45, 7) is 6.71. The minimum absolute atomic E-state index is 0.0211. The molecule has 1 atom stereocenters. The molecule has 1 unspecified atom stereocenters. The standard InChI is InChI=1S/C20H29N3O4/c1-19(25)6-11-27-20(15-19)4-7-22(8-5-20)17-3-2-16(14-21-17)18(24)23-9-12-26-13-10-23/h2-3,14,25H,4-13,15H2,1H3. The van der Waals surface area contributed by atoms with Crippen LogP contribution in [0.3, 0.4) is 0 Å². The Morgan fingerprint density at radius 3 is 2.48 bits per heavy atom. The molecule has 4 heterocycles. The van der Waals surface area contributed by atoms with Crippen LogP contribution in [0.5, 0.6) is 0 Å². The van der Waals surface area contributed by atoms with Crippen molar-refractivity contribution in [3.63, 3.8) is 0 Å². The van der Waals surface area contributed by atoms with Crippen LogP contribution in [0.25, 0.3) is 0 Å². The molecule has 1 aromatic heterocycles. The van der Waals surface area contributed by atoms with Crippen molar-refractivity contribution >= 4 is 11.7 Å². The maximum absolute atomic E-state index is 12.5. The zero-order valence-corrected chi connectivity index (χ0v) is 16.0. The van der Waals surface area contributed by atoms with Crippen molar-refractivity contribution in [1.82, 2.24) is 9.88 Å². The molecular weight excluding hydrogens is 346 g/mol. The van der Waals surface area contributed by atoms with E-state index in [2.05, 4.69) is 9.88 Å².